The van der Waals surface area contributed by atoms with E-state index < -0.39 is 23.5 Å². The third kappa shape index (κ3) is 4.87. The summed E-state index contributed by atoms with van der Waals surface area (Å²) in [6.07, 6.45) is 6.52. The molecule has 1 fully saturated rings. The van der Waals surface area contributed by atoms with Crippen LogP contribution in [0.4, 0.5) is 4.79 Å². The van der Waals surface area contributed by atoms with Crippen molar-refractivity contribution in [2.75, 3.05) is 6.54 Å². The van der Waals surface area contributed by atoms with Crippen molar-refractivity contribution in [2.24, 2.45) is 5.10 Å². The number of imide groups is 1. The molecule has 0 bridgehead atoms. The standard InChI is InChI=1S/C25H29ClN4O4/c1-3-4-5-6-13-25(2)23(32)29(24(33)27-25)16-22(31)30-20(21-8-7-14-34-21)15-19(28-30)17-9-11-18(26)12-10-17/h7-12,14,20H,3-6,13,15-16H2,1-2H3,(H,27,33)/t20-,25+/m0/s1. The summed E-state index contributed by atoms with van der Waals surface area (Å²) in [6, 6.07) is 9.74. The van der Waals surface area contributed by atoms with E-state index in [1.807, 2.05) is 12.1 Å². The number of unbranched alkanes of at least 4 members (excludes halogenated alkanes) is 3. The van der Waals surface area contributed by atoms with Crippen molar-refractivity contribution < 1.29 is 18.8 Å². The van der Waals surface area contributed by atoms with Gasteiger partial charge in [-0.15, -0.1) is 0 Å². The van der Waals surface area contributed by atoms with Crippen molar-refractivity contribution in [3.8, 4) is 0 Å². The summed E-state index contributed by atoms with van der Waals surface area (Å²) < 4.78 is 5.56. The third-order valence-corrected chi connectivity index (χ3v) is 6.64. The van der Waals surface area contributed by atoms with Crippen molar-refractivity contribution in [3.05, 3.63) is 59.0 Å². The summed E-state index contributed by atoms with van der Waals surface area (Å²) in [7, 11) is 0. The molecule has 0 saturated carbocycles. The smallest absolute Gasteiger partial charge is 0.325 e. The molecule has 2 atom stereocenters. The number of carbonyl (C=O) groups is 3. The molecule has 9 heteroatoms. The van der Waals surface area contributed by atoms with E-state index in [2.05, 4.69) is 17.3 Å². The molecule has 2 aliphatic heterocycles. The molecule has 180 valence electrons. The van der Waals surface area contributed by atoms with E-state index in [1.165, 1.54) is 5.01 Å². The molecule has 0 radical (unpaired) electrons. The van der Waals surface area contributed by atoms with Gasteiger partial charge in [-0.2, -0.15) is 5.10 Å². The Hall–Kier alpha value is -3.13. The monoisotopic (exact) mass is 484 g/mol. The highest BCUT2D eigenvalue weighted by Crippen LogP contribution is 2.34. The van der Waals surface area contributed by atoms with Gasteiger partial charge in [0.15, 0.2) is 0 Å². The number of urea groups is 1. The lowest BCUT2D eigenvalue weighted by Gasteiger charge is -2.23. The van der Waals surface area contributed by atoms with Crippen LogP contribution >= 0.6 is 11.6 Å². The van der Waals surface area contributed by atoms with Crippen LogP contribution in [-0.2, 0) is 9.59 Å². The molecule has 2 aliphatic rings. The van der Waals surface area contributed by atoms with Crippen LogP contribution in [0.1, 0.15) is 69.7 Å². The van der Waals surface area contributed by atoms with Gasteiger partial charge < -0.3 is 9.73 Å². The number of halogens is 1. The molecular weight excluding hydrogens is 456 g/mol. The molecule has 4 rings (SSSR count). The van der Waals surface area contributed by atoms with Crippen LogP contribution in [0, 0.1) is 0 Å². The predicted octanol–water partition coefficient (Wildman–Crippen LogP) is 4.89. The predicted molar refractivity (Wildman–Crippen MR) is 128 cm³/mol. The zero-order valence-corrected chi connectivity index (χ0v) is 20.2. The lowest BCUT2D eigenvalue weighted by molar-refractivity contribution is -0.140. The number of furan rings is 1. The highest BCUT2D eigenvalue weighted by atomic mass is 35.5. The topological polar surface area (TPSA) is 95.2 Å². The number of hydrogen-bond acceptors (Lipinski definition) is 5. The number of nitrogens with zero attached hydrogens (tertiary/aromatic N) is 3. The SMILES string of the molecule is CCCCCC[C@@]1(C)NC(=O)N(CC(=O)N2N=C(c3ccc(Cl)cc3)C[C@H]2c2ccco2)C1=O. The van der Waals surface area contributed by atoms with Gasteiger partial charge >= 0.3 is 6.03 Å². The Bertz CT molecular complexity index is 1080. The Morgan fingerprint density at radius 1 is 1.21 bits per heavy atom. The Labute approximate surface area is 203 Å². The number of hydrogen-bond donors (Lipinski definition) is 1. The summed E-state index contributed by atoms with van der Waals surface area (Å²) >= 11 is 6.01. The van der Waals surface area contributed by atoms with Gasteiger partial charge in [0.25, 0.3) is 11.8 Å². The first-order valence-corrected chi connectivity index (χ1v) is 12.0. The van der Waals surface area contributed by atoms with Gasteiger partial charge in [-0.3, -0.25) is 14.5 Å². The molecule has 8 nitrogen and oxygen atoms in total. The number of nitrogens with one attached hydrogen (secondary N) is 1. The molecule has 0 unspecified atom stereocenters. The van der Waals surface area contributed by atoms with Crippen molar-refractivity contribution in [3.63, 3.8) is 0 Å². The van der Waals surface area contributed by atoms with Gasteiger partial charge in [-0.05, 0) is 43.2 Å². The van der Waals surface area contributed by atoms with Gasteiger partial charge in [-0.25, -0.2) is 9.80 Å². The van der Waals surface area contributed by atoms with E-state index >= 15 is 0 Å². The molecule has 1 saturated heterocycles. The van der Waals surface area contributed by atoms with Crippen molar-refractivity contribution in [1.29, 1.82) is 0 Å². The molecule has 34 heavy (non-hydrogen) atoms. The highest BCUT2D eigenvalue weighted by Gasteiger charge is 2.48. The number of rotatable bonds is 9. The average Bonchev–Trinajstić information content (AvgIpc) is 3.54. The fraction of sp³-hybridized carbons (Fsp3) is 0.440. The van der Waals surface area contributed by atoms with E-state index in [1.54, 1.807) is 37.5 Å². The molecule has 0 spiro atoms. The Kier molecular flexibility index (Phi) is 7.07. The molecular formula is C25H29ClN4O4. The van der Waals surface area contributed by atoms with Gasteiger partial charge in [0.1, 0.15) is 23.9 Å². The number of carbonyl (C=O) groups excluding carboxylic acids is 3. The van der Waals surface area contributed by atoms with Crippen LogP contribution in [0.3, 0.4) is 0 Å². The van der Waals surface area contributed by atoms with E-state index in [9.17, 15) is 14.4 Å². The average molecular weight is 485 g/mol. The van der Waals surface area contributed by atoms with Crippen LogP contribution in [0.2, 0.25) is 5.02 Å². The first kappa shape index (κ1) is 24.0. The summed E-state index contributed by atoms with van der Waals surface area (Å²) in [4.78, 5) is 40.0. The number of benzene rings is 1. The first-order chi connectivity index (χ1) is 16.3. The highest BCUT2D eigenvalue weighted by molar-refractivity contribution is 6.30. The summed E-state index contributed by atoms with van der Waals surface area (Å²) in [5.74, 6) is -0.249. The van der Waals surface area contributed by atoms with Crippen molar-refractivity contribution >= 4 is 35.2 Å². The van der Waals surface area contributed by atoms with Crippen LogP contribution in [0.25, 0.3) is 0 Å². The molecule has 1 N–H and O–H groups in total. The number of hydrazone groups is 1. The maximum Gasteiger partial charge on any atom is 0.325 e. The minimum atomic E-state index is -0.992. The van der Waals surface area contributed by atoms with Gasteiger partial charge in [0.05, 0.1) is 12.0 Å². The number of amides is 4. The van der Waals surface area contributed by atoms with Gasteiger partial charge in [0.2, 0.25) is 0 Å². The van der Waals surface area contributed by atoms with Crippen molar-refractivity contribution in [1.82, 2.24) is 15.2 Å². The zero-order chi connectivity index (χ0) is 24.3. The lowest BCUT2D eigenvalue weighted by atomic mass is 9.94. The molecule has 1 aromatic carbocycles. The molecule has 4 amide bonds. The first-order valence-electron chi connectivity index (χ1n) is 11.7. The third-order valence-electron chi connectivity index (χ3n) is 6.38. The fourth-order valence-electron chi connectivity index (χ4n) is 4.43. The summed E-state index contributed by atoms with van der Waals surface area (Å²) in [5, 5.41) is 9.26. The second-order valence-electron chi connectivity index (χ2n) is 8.99. The zero-order valence-electron chi connectivity index (χ0n) is 19.4. The lowest BCUT2D eigenvalue weighted by Crippen LogP contribution is -2.45. The van der Waals surface area contributed by atoms with Crippen molar-refractivity contribution in [2.45, 2.75) is 64.0 Å². The van der Waals surface area contributed by atoms with E-state index in [0.29, 0.717) is 29.3 Å². The van der Waals surface area contributed by atoms with Crippen LogP contribution < -0.4 is 5.32 Å². The maximum atomic E-state index is 13.3. The van der Waals surface area contributed by atoms with E-state index in [0.717, 1.165) is 36.1 Å². The fourth-order valence-corrected chi connectivity index (χ4v) is 4.56. The minimum absolute atomic E-state index is 0.377. The van der Waals surface area contributed by atoms with Gasteiger partial charge in [0, 0.05) is 11.4 Å². The maximum absolute atomic E-state index is 13.3. The van der Waals surface area contributed by atoms with Crippen LogP contribution in [0.5, 0.6) is 0 Å². The largest absolute Gasteiger partial charge is 0.467 e. The molecule has 1 aromatic heterocycles. The Balaban J connectivity index is 1.51. The van der Waals surface area contributed by atoms with E-state index in [4.69, 9.17) is 16.0 Å². The molecule has 3 heterocycles. The minimum Gasteiger partial charge on any atom is -0.467 e. The van der Waals surface area contributed by atoms with Crippen LogP contribution in [-0.4, -0.2) is 45.5 Å². The quantitative estimate of drug-likeness (QED) is 0.405. The van der Waals surface area contributed by atoms with Crippen LogP contribution in [0.15, 0.2) is 52.2 Å². The Morgan fingerprint density at radius 2 is 1.97 bits per heavy atom. The van der Waals surface area contributed by atoms with E-state index in [-0.39, 0.29) is 12.5 Å². The summed E-state index contributed by atoms with van der Waals surface area (Å²) in [5.41, 5.74) is 0.545. The normalized spacial score (nSPS) is 22.3. The summed E-state index contributed by atoms with van der Waals surface area (Å²) in [6.45, 7) is 3.46. The van der Waals surface area contributed by atoms with Gasteiger partial charge in [-0.1, -0.05) is 56.3 Å². The molecule has 2 aromatic rings. The molecule has 0 aliphatic carbocycles. The second-order valence-corrected chi connectivity index (χ2v) is 9.43. The Morgan fingerprint density at radius 3 is 2.65 bits per heavy atom. The second kappa shape index (κ2) is 10.0.